The van der Waals surface area contributed by atoms with Crippen molar-refractivity contribution in [3.8, 4) is 0 Å². The highest BCUT2D eigenvalue weighted by molar-refractivity contribution is 7.45. The minimum absolute atomic E-state index is 0.0864. The first-order valence-electron chi connectivity index (χ1n) is 24.1. The second-order valence-corrected chi connectivity index (χ2v) is 18.1. The minimum atomic E-state index is -5.18. The highest BCUT2D eigenvalue weighted by atomic mass is 31.2. The maximum Gasteiger partial charge on any atom is 0.338 e. The molecule has 1 unspecified atom stereocenters. The smallest absolute Gasteiger partial charge is 0.338 e. The number of allylic oxidation sites excluding steroid dienone is 1. The van der Waals surface area contributed by atoms with Crippen molar-refractivity contribution in [3.05, 3.63) is 84.4 Å². The van der Waals surface area contributed by atoms with E-state index in [1.807, 2.05) is 6.08 Å². The van der Waals surface area contributed by atoms with Crippen LogP contribution in [0.15, 0.2) is 73.3 Å². The number of hydrogen-bond donors (Lipinski definition) is 1. The lowest BCUT2D eigenvalue weighted by Crippen LogP contribution is -3.11. The molecule has 2 aromatic carbocycles. The summed E-state index contributed by atoms with van der Waals surface area (Å²) in [4.78, 5) is 90.9. The average Bonchev–Trinajstić information content (AvgIpc) is 3.33. The van der Waals surface area contributed by atoms with Crippen molar-refractivity contribution in [2.45, 2.75) is 155 Å². The molecule has 20 nitrogen and oxygen atoms in total. The molecule has 2 aliphatic rings. The van der Waals surface area contributed by atoms with Crippen LogP contribution in [-0.2, 0) is 75.4 Å². The number of unbranched alkanes of at least 4 members (excludes halogenated alkanes) is 6. The Hall–Kier alpha value is -5.05. The number of quaternary nitrogens is 1. The topological polar surface area (TPSA) is 249 Å². The van der Waals surface area contributed by atoms with Gasteiger partial charge in [0.2, 0.25) is 6.29 Å². The number of carbonyl (C=O) groups is 6. The molecule has 0 saturated carbocycles. The summed E-state index contributed by atoms with van der Waals surface area (Å²) in [5, 5.41) is 0. The second-order valence-electron chi connectivity index (χ2n) is 16.7. The Labute approximate surface area is 416 Å². The first-order chi connectivity index (χ1) is 33.9. The van der Waals surface area contributed by atoms with Gasteiger partial charge in [0.25, 0.3) is 7.82 Å². The van der Waals surface area contributed by atoms with Gasteiger partial charge in [-0.15, -0.1) is 6.58 Å². The van der Waals surface area contributed by atoms with Crippen LogP contribution in [0.4, 0.5) is 0 Å². The van der Waals surface area contributed by atoms with Gasteiger partial charge in [0.15, 0.2) is 30.7 Å². The Morgan fingerprint density at radius 2 is 1.14 bits per heavy atom. The molecule has 4 rings (SSSR count). The van der Waals surface area contributed by atoms with Crippen LogP contribution < -0.4 is 9.79 Å². The monoisotopic (exact) mass is 1020 g/mol. The molecule has 0 radical (unpaired) electrons. The van der Waals surface area contributed by atoms with Crippen LogP contribution in [0.2, 0.25) is 0 Å². The molecular formula is C50H72NO19P. The predicted molar refractivity (Wildman–Crippen MR) is 252 cm³/mol. The van der Waals surface area contributed by atoms with Gasteiger partial charge in [-0.2, -0.15) is 0 Å². The van der Waals surface area contributed by atoms with Gasteiger partial charge >= 0.3 is 35.8 Å². The van der Waals surface area contributed by atoms with Gasteiger partial charge in [-0.1, -0.05) is 68.2 Å². The quantitative estimate of drug-likeness (QED) is 0.0406. The van der Waals surface area contributed by atoms with Crippen molar-refractivity contribution in [2.24, 2.45) is 0 Å². The van der Waals surface area contributed by atoms with Crippen LogP contribution in [0.5, 0.6) is 0 Å². The molecule has 10 atom stereocenters. The summed E-state index contributed by atoms with van der Waals surface area (Å²) in [5.74, 6) is -5.12. The van der Waals surface area contributed by atoms with Gasteiger partial charge in [0, 0.05) is 34.1 Å². The second kappa shape index (κ2) is 32.1. The zero-order valence-corrected chi connectivity index (χ0v) is 42.8. The highest BCUT2D eigenvalue weighted by Crippen LogP contribution is 2.44. The molecule has 0 aliphatic carbocycles. The van der Waals surface area contributed by atoms with Gasteiger partial charge in [-0.05, 0) is 64.3 Å². The van der Waals surface area contributed by atoms with Crippen LogP contribution in [0.3, 0.4) is 0 Å². The molecule has 2 aliphatic heterocycles. The van der Waals surface area contributed by atoms with Gasteiger partial charge in [-0.25, -0.2) is 9.59 Å². The van der Waals surface area contributed by atoms with Crippen molar-refractivity contribution in [1.29, 1.82) is 0 Å². The zero-order chi connectivity index (χ0) is 52.3. The van der Waals surface area contributed by atoms with Gasteiger partial charge < -0.3 is 56.9 Å². The summed E-state index contributed by atoms with van der Waals surface area (Å²) in [6, 6.07) is 15.6. The SMILES string of the molecule is C=CCCCCCCCCOP(=O)([O-])O[C@H]1O[C@H](COC(=O)c2ccccc2)[C@@H](O[C@@H]2O[C@H](COC(C)=O)[C@H](OC(C)=O)[C@H](OC(C)=O)[C@H]2OC(C)=O)C[C@@H]1OC(=O)c1ccccc1.CC[NH+](CC)CC. The van der Waals surface area contributed by atoms with E-state index in [0.717, 1.165) is 59.8 Å². The summed E-state index contributed by atoms with van der Waals surface area (Å²) < 4.78 is 75.8. The van der Waals surface area contributed by atoms with Crippen molar-refractivity contribution in [2.75, 3.05) is 39.5 Å². The fourth-order valence-electron chi connectivity index (χ4n) is 7.57. The van der Waals surface area contributed by atoms with Crippen LogP contribution in [0.25, 0.3) is 0 Å². The standard InChI is InChI=1S/C44H57O19P.C6H15N/c1-6-7-8-9-10-11-12-19-24-55-64(51,52)63-43-35(59-42(50)33-22-17-14-18-23-33)25-34(36(61-43)26-54-41(49)32-20-15-13-16-21-32)60-44-40(58-31(5)48)39(57-30(4)47)38(56-29(3)46)37(62-44)27-53-28(2)45;1-4-7(5-2)6-3/h6,13-18,20-23,34-40,43-44H,1,7-12,19,24-27H2,2-5H3,(H,51,52);4-6H2,1-3H3/t34-,35-,36+,37+,38-,39-,40+,43+,44+;/m0./s1. The van der Waals surface area contributed by atoms with Crippen molar-refractivity contribution >= 4 is 43.6 Å². The molecule has 2 fully saturated rings. The fraction of sp³-hybridized carbons (Fsp3) is 0.600. The summed E-state index contributed by atoms with van der Waals surface area (Å²) >= 11 is 0. The number of carbonyl (C=O) groups excluding carboxylic acids is 6. The van der Waals surface area contributed by atoms with E-state index in [1.54, 1.807) is 41.3 Å². The van der Waals surface area contributed by atoms with E-state index in [2.05, 4.69) is 27.4 Å². The fourth-order valence-corrected chi connectivity index (χ4v) is 8.43. The van der Waals surface area contributed by atoms with Crippen molar-refractivity contribution in [3.63, 3.8) is 0 Å². The van der Waals surface area contributed by atoms with E-state index in [-0.39, 0.29) is 17.7 Å². The number of phosphoric ester groups is 1. The van der Waals surface area contributed by atoms with Crippen LogP contribution >= 0.6 is 7.82 Å². The first kappa shape index (κ1) is 60.3. The van der Waals surface area contributed by atoms with Crippen LogP contribution in [-0.4, -0.2) is 131 Å². The third kappa shape index (κ3) is 22.1. The van der Waals surface area contributed by atoms with Crippen LogP contribution in [0.1, 0.15) is 121 Å². The number of nitrogens with one attached hydrogen (secondary N) is 1. The summed E-state index contributed by atoms with van der Waals surface area (Å²) in [7, 11) is -5.18. The van der Waals surface area contributed by atoms with Crippen molar-refractivity contribution < 1.29 is 94.8 Å². The predicted octanol–water partition coefficient (Wildman–Crippen LogP) is 5.00. The van der Waals surface area contributed by atoms with Gasteiger partial charge in [0.05, 0.1) is 43.5 Å². The number of esters is 6. The van der Waals surface area contributed by atoms with E-state index >= 15 is 0 Å². The Kier molecular flexibility index (Phi) is 27.3. The molecule has 0 bridgehead atoms. The van der Waals surface area contributed by atoms with E-state index < -0.39 is 119 Å². The number of hydrogen-bond acceptors (Lipinski definition) is 19. The highest BCUT2D eigenvalue weighted by Gasteiger charge is 2.55. The molecular weight excluding hydrogens is 950 g/mol. The molecule has 2 saturated heterocycles. The third-order valence-electron chi connectivity index (χ3n) is 11.2. The number of rotatable bonds is 27. The molecule has 0 spiro atoms. The maximum atomic E-state index is 13.5. The Morgan fingerprint density at radius 3 is 1.68 bits per heavy atom. The molecule has 396 valence electrons. The normalized spacial score (nSPS) is 23.6. The summed E-state index contributed by atoms with van der Waals surface area (Å²) in [5.41, 5.74) is 0.246. The lowest BCUT2D eigenvalue weighted by molar-refractivity contribution is -0.894. The largest absolute Gasteiger partial charge is 0.756 e. The lowest BCUT2D eigenvalue weighted by atomic mass is 9.97. The van der Waals surface area contributed by atoms with E-state index in [4.69, 9.17) is 51.7 Å². The Morgan fingerprint density at radius 1 is 0.634 bits per heavy atom. The Bertz CT molecular complexity index is 2000. The molecule has 71 heavy (non-hydrogen) atoms. The van der Waals surface area contributed by atoms with Gasteiger partial charge in [-0.3, -0.25) is 28.3 Å². The average molecular weight is 1020 g/mol. The molecule has 0 amide bonds. The van der Waals surface area contributed by atoms with E-state index in [0.29, 0.717) is 12.8 Å². The number of benzene rings is 2. The van der Waals surface area contributed by atoms with E-state index in [9.17, 15) is 38.2 Å². The molecule has 2 heterocycles. The van der Waals surface area contributed by atoms with Crippen molar-refractivity contribution in [1.82, 2.24) is 0 Å². The van der Waals surface area contributed by atoms with Crippen LogP contribution in [0, 0.1) is 0 Å². The summed E-state index contributed by atoms with van der Waals surface area (Å²) in [6.07, 6.45) is -7.04. The summed E-state index contributed by atoms with van der Waals surface area (Å²) in [6.45, 7) is 17.1. The van der Waals surface area contributed by atoms with Gasteiger partial charge in [0.1, 0.15) is 25.4 Å². The van der Waals surface area contributed by atoms with E-state index in [1.165, 1.54) is 43.9 Å². The Balaban J connectivity index is 0.00000176. The zero-order valence-electron chi connectivity index (χ0n) is 41.9. The molecule has 2 aromatic rings. The number of ether oxygens (including phenoxy) is 9. The third-order valence-corrected chi connectivity index (χ3v) is 12.2. The first-order valence-corrected chi connectivity index (χ1v) is 25.6. The number of phosphoric acid groups is 1. The lowest BCUT2D eigenvalue weighted by Gasteiger charge is -2.47. The molecule has 1 N–H and O–H groups in total. The maximum absolute atomic E-state index is 13.5. The molecule has 21 heteroatoms. The minimum Gasteiger partial charge on any atom is -0.756 e. The molecule has 0 aromatic heterocycles.